The molecule has 0 unspecified atom stereocenters. The highest BCUT2D eigenvalue weighted by Crippen LogP contribution is 2.21. The smallest absolute Gasteiger partial charge is 0.253 e. The van der Waals surface area contributed by atoms with Gasteiger partial charge in [-0.05, 0) is 25.1 Å². The maximum Gasteiger partial charge on any atom is 0.253 e. The number of rotatable bonds is 1. The van der Waals surface area contributed by atoms with E-state index in [1.807, 2.05) is 0 Å². The van der Waals surface area contributed by atoms with Crippen LogP contribution in [0.3, 0.4) is 0 Å². The summed E-state index contributed by atoms with van der Waals surface area (Å²) < 4.78 is 13.6. The molecule has 1 aromatic carbocycles. The topological polar surface area (TPSA) is 36.1 Å². The lowest BCUT2D eigenvalue weighted by Crippen LogP contribution is -2.21. The van der Waals surface area contributed by atoms with Crippen molar-refractivity contribution in [1.82, 2.24) is 9.88 Å². The fraction of sp³-hybridized carbons (Fsp3) is 0.250. The van der Waals surface area contributed by atoms with Crippen LogP contribution in [0.2, 0.25) is 0 Å². The predicted molar refractivity (Wildman–Crippen MR) is 61.0 cm³/mol. The minimum Gasteiger partial charge on any atom is -0.356 e. The van der Waals surface area contributed by atoms with Crippen LogP contribution in [-0.4, -0.2) is 29.9 Å². The second-order valence-electron chi connectivity index (χ2n) is 4.02. The first kappa shape index (κ1) is 10.7. The van der Waals surface area contributed by atoms with Crippen molar-refractivity contribution in [1.29, 1.82) is 0 Å². The number of benzene rings is 1. The summed E-state index contributed by atoms with van der Waals surface area (Å²) in [5.41, 5.74) is 1.70. The maximum atomic E-state index is 13.6. The molecule has 0 saturated heterocycles. The minimum absolute atomic E-state index is 0.125. The van der Waals surface area contributed by atoms with E-state index < -0.39 is 0 Å². The number of fused-ring (bicyclic) bond motifs is 1. The largest absolute Gasteiger partial charge is 0.356 e. The molecular formula is C12H13FN2O. The van der Waals surface area contributed by atoms with Crippen LogP contribution >= 0.6 is 0 Å². The van der Waals surface area contributed by atoms with Crippen LogP contribution in [0.1, 0.15) is 16.1 Å². The molecule has 0 atom stereocenters. The third-order valence-corrected chi connectivity index (χ3v) is 2.56. The van der Waals surface area contributed by atoms with Crippen molar-refractivity contribution in [2.75, 3.05) is 14.1 Å². The van der Waals surface area contributed by atoms with Crippen LogP contribution in [0, 0.1) is 12.7 Å². The van der Waals surface area contributed by atoms with Crippen LogP contribution in [0.4, 0.5) is 4.39 Å². The standard InChI is InChI=1S/C12H13FN2O/c1-7-11(13)9-6-8(12(16)15(2)3)4-5-10(9)14-7/h4-6,14H,1-3H3. The number of nitrogens with one attached hydrogen (secondary N) is 1. The molecule has 0 spiro atoms. The van der Waals surface area contributed by atoms with Crippen molar-refractivity contribution >= 4 is 16.8 Å². The van der Waals surface area contributed by atoms with E-state index in [9.17, 15) is 9.18 Å². The van der Waals surface area contributed by atoms with Gasteiger partial charge in [0.1, 0.15) is 0 Å². The number of aromatic nitrogens is 1. The Bertz CT molecular complexity index is 557. The maximum absolute atomic E-state index is 13.6. The van der Waals surface area contributed by atoms with Crippen LogP contribution in [0.5, 0.6) is 0 Å². The molecule has 0 radical (unpaired) electrons. The molecule has 84 valence electrons. The van der Waals surface area contributed by atoms with Crippen molar-refractivity contribution in [3.05, 3.63) is 35.3 Å². The Labute approximate surface area is 92.9 Å². The number of carbonyl (C=O) groups is 1. The van der Waals surface area contributed by atoms with Gasteiger partial charge in [-0.2, -0.15) is 0 Å². The van der Waals surface area contributed by atoms with Crippen LogP contribution in [0.25, 0.3) is 10.9 Å². The SMILES string of the molecule is Cc1[nH]c2ccc(C(=O)N(C)C)cc2c1F. The summed E-state index contributed by atoms with van der Waals surface area (Å²) >= 11 is 0. The van der Waals surface area contributed by atoms with Crippen molar-refractivity contribution in [2.45, 2.75) is 6.92 Å². The molecule has 1 N–H and O–H groups in total. The molecule has 2 aromatic rings. The average Bonchev–Trinajstić information content (AvgIpc) is 2.53. The monoisotopic (exact) mass is 220 g/mol. The van der Waals surface area contributed by atoms with E-state index in [1.54, 1.807) is 39.2 Å². The molecule has 3 nitrogen and oxygen atoms in total. The summed E-state index contributed by atoms with van der Waals surface area (Å²) in [6.07, 6.45) is 0. The van der Waals surface area contributed by atoms with Crippen LogP contribution < -0.4 is 0 Å². The van der Waals surface area contributed by atoms with Gasteiger partial charge in [-0.1, -0.05) is 0 Å². The summed E-state index contributed by atoms with van der Waals surface area (Å²) in [5.74, 6) is -0.413. The van der Waals surface area contributed by atoms with Crippen LogP contribution in [-0.2, 0) is 0 Å². The molecule has 0 aliphatic carbocycles. The lowest BCUT2D eigenvalue weighted by Gasteiger charge is -2.09. The fourth-order valence-corrected chi connectivity index (χ4v) is 1.68. The zero-order valence-corrected chi connectivity index (χ0v) is 9.47. The van der Waals surface area contributed by atoms with E-state index in [-0.39, 0.29) is 11.7 Å². The number of aryl methyl sites for hydroxylation is 1. The first-order valence-corrected chi connectivity index (χ1v) is 5.00. The molecule has 2 rings (SSSR count). The number of hydrogen-bond donors (Lipinski definition) is 1. The highest BCUT2D eigenvalue weighted by Gasteiger charge is 2.12. The lowest BCUT2D eigenvalue weighted by atomic mass is 10.1. The quantitative estimate of drug-likeness (QED) is 0.786. The minimum atomic E-state index is -0.289. The van der Waals surface area contributed by atoms with Gasteiger partial charge < -0.3 is 9.88 Å². The number of halogens is 1. The Kier molecular flexibility index (Phi) is 2.42. The van der Waals surface area contributed by atoms with Crippen molar-refractivity contribution in [2.24, 2.45) is 0 Å². The molecule has 0 aliphatic heterocycles. The highest BCUT2D eigenvalue weighted by molar-refractivity contribution is 5.98. The Hall–Kier alpha value is -1.84. The van der Waals surface area contributed by atoms with E-state index >= 15 is 0 Å². The number of aromatic amines is 1. The number of nitrogens with zero attached hydrogens (tertiary/aromatic N) is 1. The lowest BCUT2D eigenvalue weighted by molar-refractivity contribution is 0.0828. The van der Waals surface area contributed by atoms with Gasteiger partial charge >= 0.3 is 0 Å². The summed E-state index contributed by atoms with van der Waals surface area (Å²) in [6.45, 7) is 1.67. The number of hydrogen-bond acceptors (Lipinski definition) is 1. The Morgan fingerprint density at radius 3 is 2.69 bits per heavy atom. The van der Waals surface area contributed by atoms with Gasteiger partial charge in [-0.3, -0.25) is 4.79 Å². The zero-order valence-electron chi connectivity index (χ0n) is 9.47. The van der Waals surface area contributed by atoms with Crippen LogP contribution in [0.15, 0.2) is 18.2 Å². The molecule has 4 heteroatoms. The molecule has 0 aliphatic rings. The Morgan fingerprint density at radius 2 is 2.06 bits per heavy atom. The van der Waals surface area contributed by atoms with Crippen molar-refractivity contribution < 1.29 is 9.18 Å². The van der Waals surface area contributed by atoms with Gasteiger partial charge in [0.25, 0.3) is 5.91 Å². The third-order valence-electron chi connectivity index (χ3n) is 2.56. The Morgan fingerprint density at radius 1 is 1.38 bits per heavy atom. The molecule has 1 aromatic heterocycles. The number of carbonyl (C=O) groups excluding carboxylic acids is 1. The van der Waals surface area contributed by atoms with Gasteiger partial charge in [-0.25, -0.2) is 4.39 Å². The molecule has 0 saturated carbocycles. The van der Waals surface area contributed by atoms with E-state index in [0.29, 0.717) is 22.2 Å². The average molecular weight is 220 g/mol. The van der Waals surface area contributed by atoms with E-state index in [4.69, 9.17) is 0 Å². The first-order chi connectivity index (χ1) is 7.50. The Balaban J connectivity index is 2.59. The third kappa shape index (κ3) is 1.56. The van der Waals surface area contributed by atoms with E-state index in [1.165, 1.54) is 4.90 Å². The van der Waals surface area contributed by atoms with E-state index in [0.717, 1.165) is 0 Å². The number of H-pyrrole nitrogens is 1. The molecule has 1 amide bonds. The number of amides is 1. The van der Waals surface area contributed by atoms with Gasteiger partial charge in [0, 0.05) is 36.3 Å². The summed E-state index contributed by atoms with van der Waals surface area (Å²) in [4.78, 5) is 16.1. The summed E-state index contributed by atoms with van der Waals surface area (Å²) in [6, 6.07) is 5.00. The van der Waals surface area contributed by atoms with Gasteiger partial charge in [0.05, 0.1) is 0 Å². The zero-order chi connectivity index (χ0) is 11.9. The summed E-state index contributed by atoms with van der Waals surface area (Å²) in [7, 11) is 3.34. The van der Waals surface area contributed by atoms with Crippen molar-refractivity contribution in [3.8, 4) is 0 Å². The first-order valence-electron chi connectivity index (χ1n) is 5.00. The molecule has 16 heavy (non-hydrogen) atoms. The molecule has 1 heterocycles. The molecular weight excluding hydrogens is 207 g/mol. The second-order valence-corrected chi connectivity index (χ2v) is 4.02. The second kappa shape index (κ2) is 3.63. The predicted octanol–water partition coefficient (Wildman–Crippen LogP) is 2.32. The molecule has 0 fully saturated rings. The summed E-state index contributed by atoms with van der Waals surface area (Å²) in [5, 5.41) is 0.463. The molecule has 0 bridgehead atoms. The highest BCUT2D eigenvalue weighted by atomic mass is 19.1. The van der Waals surface area contributed by atoms with E-state index in [2.05, 4.69) is 4.98 Å². The van der Waals surface area contributed by atoms with Gasteiger partial charge in [0.2, 0.25) is 0 Å². The van der Waals surface area contributed by atoms with Gasteiger partial charge in [-0.15, -0.1) is 0 Å². The normalized spacial score (nSPS) is 10.8. The van der Waals surface area contributed by atoms with Crippen molar-refractivity contribution in [3.63, 3.8) is 0 Å². The fourth-order valence-electron chi connectivity index (χ4n) is 1.68. The van der Waals surface area contributed by atoms with Gasteiger partial charge in [0.15, 0.2) is 5.82 Å².